The molecule has 7 aromatic carbocycles. The van der Waals surface area contributed by atoms with Crippen LogP contribution in [0.25, 0.3) is 76.8 Å². The van der Waals surface area contributed by atoms with E-state index in [1.165, 1.54) is 38.5 Å². The number of rotatable bonds is 4. The van der Waals surface area contributed by atoms with Crippen molar-refractivity contribution in [3.8, 4) is 11.1 Å². The van der Waals surface area contributed by atoms with Crippen molar-refractivity contribution in [3.05, 3.63) is 169 Å². The number of para-hydroxylation sites is 3. The van der Waals surface area contributed by atoms with Crippen LogP contribution in [0.4, 0.5) is 0 Å². The minimum Gasteiger partial charge on any atom is -0.452 e. The maximum atomic E-state index is 6.51. The zero-order chi connectivity index (χ0) is 33.5. The second kappa shape index (κ2) is 11.2. The van der Waals surface area contributed by atoms with Crippen molar-refractivity contribution in [2.75, 3.05) is 0 Å². The molecule has 0 amide bonds. The third-order valence-electron chi connectivity index (χ3n) is 10.5. The minimum absolute atomic E-state index is 0.130. The van der Waals surface area contributed by atoms with Crippen molar-refractivity contribution in [1.82, 2.24) is 20.5 Å². The summed E-state index contributed by atoms with van der Waals surface area (Å²) in [7, 11) is 0. The molecule has 1 fully saturated rings. The first kappa shape index (κ1) is 28.6. The van der Waals surface area contributed by atoms with E-state index < -0.39 is 0 Å². The van der Waals surface area contributed by atoms with Gasteiger partial charge in [-0.1, -0.05) is 121 Å². The Morgan fingerprint density at radius 3 is 1.86 bits per heavy atom. The molecule has 1 saturated heterocycles. The van der Waals surface area contributed by atoms with Crippen molar-refractivity contribution in [2.45, 2.75) is 18.6 Å². The van der Waals surface area contributed by atoms with E-state index in [1.807, 2.05) is 18.2 Å². The zero-order valence-corrected chi connectivity index (χ0v) is 27.5. The summed E-state index contributed by atoms with van der Waals surface area (Å²) in [5.41, 5.74) is 10.3. The quantitative estimate of drug-likeness (QED) is 0.175. The Balaban J connectivity index is 1.09. The third kappa shape index (κ3) is 4.41. The lowest BCUT2D eigenvalue weighted by atomic mass is 10.0. The van der Waals surface area contributed by atoms with Gasteiger partial charge in [0.1, 0.15) is 17.5 Å². The lowest BCUT2D eigenvalue weighted by molar-refractivity contribution is 0.161. The predicted octanol–water partition coefficient (Wildman–Crippen LogP) is 10.9. The molecule has 3 N–H and O–H groups in total. The van der Waals surface area contributed by atoms with Gasteiger partial charge in [-0.25, -0.2) is 0 Å². The summed E-state index contributed by atoms with van der Waals surface area (Å²) in [4.78, 5) is 0. The van der Waals surface area contributed by atoms with Gasteiger partial charge in [0.2, 0.25) is 0 Å². The van der Waals surface area contributed by atoms with Crippen molar-refractivity contribution >= 4 is 65.7 Å². The first-order chi connectivity index (χ1) is 25.3. The van der Waals surface area contributed by atoms with E-state index >= 15 is 0 Å². The molecule has 51 heavy (non-hydrogen) atoms. The molecule has 0 saturated carbocycles. The number of hydrogen-bond donors (Lipinski definition) is 3. The monoisotopic (exact) mass is 660 g/mol. The average molecular weight is 661 g/mol. The van der Waals surface area contributed by atoms with Crippen molar-refractivity contribution in [2.24, 2.45) is 0 Å². The van der Waals surface area contributed by atoms with Crippen molar-refractivity contribution in [3.63, 3.8) is 0 Å². The van der Waals surface area contributed by atoms with E-state index in [9.17, 15) is 0 Å². The summed E-state index contributed by atoms with van der Waals surface area (Å²) in [5, 5.41) is 18.5. The molecule has 0 aliphatic carbocycles. The highest BCUT2D eigenvalue weighted by Gasteiger charge is 2.32. The summed E-state index contributed by atoms with van der Waals surface area (Å²) in [5.74, 6) is 0. The van der Waals surface area contributed by atoms with E-state index in [1.54, 1.807) is 0 Å². The van der Waals surface area contributed by atoms with Crippen LogP contribution in [-0.2, 0) is 0 Å². The standard InChI is InChI=1S/C45H32N4O2/c1-3-12-27(13-4-1)30-18-11-19-33-31-16-7-9-20-37(31)49(40(30)33)45-47-43(28-14-5-2-6-15-28)46-44(48-45)29-22-25-39-36(26-29)35-24-23-34-32-17-8-10-21-38(32)50-41(34)42(35)51-39/h1-26,43-48H. The second-order valence-electron chi connectivity index (χ2n) is 13.4. The van der Waals surface area contributed by atoms with Crippen molar-refractivity contribution < 1.29 is 8.83 Å². The molecular weight excluding hydrogens is 629 g/mol. The first-order valence-corrected chi connectivity index (χ1v) is 17.5. The van der Waals surface area contributed by atoms with Crippen LogP contribution in [0.1, 0.15) is 29.7 Å². The fraction of sp³-hybridized carbons (Fsp3) is 0.0667. The molecular formula is C45H32N4O2. The summed E-state index contributed by atoms with van der Waals surface area (Å²) >= 11 is 0. The van der Waals surface area contributed by atoms with Crippen LogP contribution in [0.3, 0.4) is 0 Å². The molecule has 3 atom stereocenters. The topological polar surface area (TPSA) is 67.3 Å². The zero-order valence-electron chi connectivity index (χ0n) is 27.5. The summed E-state index contributed by atoms with van der Waals surface area (Å²) in [6, 6.07) is 55.6. The van der Waals surface area contributed by atoms with E-state index in [2.05, 4.69) is 160 Å². The molecule has 0 spiro atoms. The van der Waals surface area contributed by atoms with Gasteiger partial charge in [0.15, 0.2) is 11.2 Å². The van der Waals surface area contributed by atoms with Gasteiger partial charge in [-0.15, -0.1) is 0 Å². The third-order valence-corrected chi connectivity index (χ3v) is 10.5. The number of hydrogen-bond acceptors (Lipinski definition) is 5. The fourth-order valence-corrected chi connectivity index (χ4v) is 8.19. The molecule has 3 unspecified atom stereocenters. The largest absolute Gasteiger partial charge is 0.452 e. The van der Waals surface area contributed by atoms with Crippen molar-refractivity contribution in [1.29, 1.82) is 0 Å². The summed E-state index contributed by atoms with van der Waals surface area (Å²) < 4.78 is 15.3. The summed E-state index contributed by atoms with van der Waals surface area (Å²) in [6.07, 6.45) is -0.568. The smallest absolute Gasteiger partial charge is 0.178 e. The SMILES string of the molecule is c1ccc(-c2cccc3c4ccccc4n(C4NC(c5ccccc5)NC(c5ccc6oc7c(ccc8c9ccccc9oc87)c6c5)N4)c23)cc1. The van der Waals surface area contributed by atoms with Crippen LogP contribution in [0.5, 0.6) is 0 Å². The van der Waals surface area contributed by atoms with Gasteiger partial charge in [-0.2, -0.15) is 0 Å². The molecule has 3 aromatic heterocycles. The highest BCUT2D eigenvalue weighted by atomic mass is 16.4. The number of nitrogens with zero attached hydrogens (tertiary/aromatic N) is 1. The van der Waals surface area contributed by atoms with E-state index in [0.717, 1.165) is 49.4 Å². The molecule has 6 nitrogen and oxygen atoms in total. The van der Waals surface area contributed by atoms with Crippen LogP contribution in [0.15, 0.2) is 167 Å². The van der Waals surface area contributed by atoms with Gasteiger partial charge < -0.3 is 13.4 Å². The molecule has 1 aliphatic heterocycles. The van der Waals surface area contributed by atoms with Gasteiger partial charge in [0.05, 0.1) is 23.4 Å². The van der Waals surface area contributed by atoms with E-state index in [-0.39, 0.29) is 18.6 Å². The van der Waals surface area contributed by atoms with Gasteiger partial charge in [-0.3, -0.25) is 16.0 Å². The minimum atomic E-state index is -0.249. The molecule has 244 valence electrons. The second-order valence-corrected chi connectivity index (χ2v) is 13.4. The number of furan rings is 2. The Kier molecular flexibility index (Phi) is 6.27. The highest BCUT2D eigenvalue weighted by Crippen LogP contribution is 2.41. The predicted molar refractivity (Wildman–Crippen MR) is 206 cm³/mol. The lowest BCUT2D eigenvalue weighted by Crippen LogP contribution is -2.56. The van der Waals surface area contributed by atoms with Gasteiger partial charge in [-0.05, 0) is 53.1 Å². The van der Waals surface area contributed by atoms with E-state index in [0.29, 0.717) is 0 Å². The molecule has 1 aliphatic rings. The highest BCUT2D eigenvalue weighted by molar-refractivity contribution is 6.19. The number of aromatic nitrogens is 1. The van der Waals surface area contributed by atoms with Crippen LogP contribution in [0, 0.1) is 0 Å². The van der Waals surface area contributed by atoms with Crippen LogP contribution >= 0.6 is 0 Å². The normalized spacial score (nSPS) is 18.2. The maximum absolute atomic E-state index is 6.51. The summed E-state index contributed by atoms with van der Waals surface area (Å²) in [6.45, 7) is 0. The lowest BCUT2D eigenvalue weighted by Gasteiger charge is -2.40. The molecule has 10 aromatic rings. The van der Waals surface area contributed by atoms with Crippen LogP contribution in [0.2, 0.25) is 0 Å². The van der Waals surface area contributed by atoms with Gasteiger partial charge in [0.25, 0.3) is 0 Å². The van der Waals surface area contributed by atoms with E-state index in [4.69, 9.17) is 8.83 Å². The molecule has 4 heterocycles. The Labute approximate surface area is 292 Å². The maximum Gasteiger partial charge on any atom is 0.178 e. The molecule has 11 rings (SSSR count). The first-order valence-electron chi connectivity index (χ1n) is 17.5. The van der Waals surface area contributed by atoms with Gasteiger partial charge >= 0.3 is 0 Å². The number of fused-ring (bicyclic) bond motifs is 10. The molecule has 0 bridgehead atoms. The molecule has 6 heteroatoms. The molecule has 0 radical (unpaired) electrons. The Hall–Kier alpha value is -6.18. The number of benzene rings is 7. The van der Waals surface area contributed by atoms with Crippen LogP contribution < -0.4 is 16.0 Å². The Morgan fingerprint density at radius 2 is 1.06 bits per heavy atom. The average Bonchev–Trinajstić information content (AvgIpc) is 3.88. The van der Waals surface area contributed by atoms with Crippen LogP contribution in [-0.4, -0.2) is 4.57 Å². The fourth-order valence-electron chi connectivity index (χ4n) is 8.19. The Morgan fingerprint density at radius 1 is 0.431 bits per heavy atom. The Bertz CT molecular complexity index is 2920. The number of nitrogens with one attached hydrogen (secondary N) is 3. The van der Waals surface area contributed by atoms with Gasteiger partial charge in [0, 0.05) is 37.9 Å².